The van der Waals surface area contributed by atoms with Crippen molar-refractivity contribution in [1.82, 2.24) is 4.98 Å². The van der Waals surface area contributed by atoms with E-state index in [1.165, 1.54) is 6.07 Å². The largest absolute Gasteiger partial charge is 0.384 e. The predicted molar refractivity (Wildman–Crippen MR) is 74.9 cm³/mol. The van der Waals surface area contributed by atoms with E-state index >= 15 is 0 Å². The van der Waals surface area contributed by atoms with Crippen molar-refractivity contribution in [2.75, 3.05) is 0 Å². The Morgan fingerprint density at radius 2 is 1.95 bits per heavy atom. The standard InChI is InChI=1S/C15H12ClFN2O/c16-11-4-3-5-12(17)10(11)8-19-14-7-2-1-6-13(14)18-15(19)9-20/h1-7,20H,8-9H2/p+1. The molecule has 1 heterocycles. The second-order valence-electron chi connectivity index (χ2n) is 4.53. The van der Waals surface area contributed by atoms with Gasteiger partial charge in [0.05, 0.1) is 5.02 Å². The fourth-order valence-corrected chi connectivity index (χ4v) is 2.55. The number of halogens is 2. The highest BCUT2D eigenvalue weighted by Crippen LogP contribution is 2.20. The average Bonchev–Trinajstić information content (AvgIpc) is 2.81. The number of aliphatic hydroxyl groups is 1. The lowest BCUT2D eigenvalue weighted by Crippen LogP contribution is -2.38. The number of nitrogens with one attached hydrogen (secondary N) is 1. The SMILES string of the molecule is OCc1[nH]c2ccccc2[n+]1Cc1c(F)cccc1Cl. The van der Waals surface area contributed by atoms with Crippen molar-refractivity contribution in [2.45, 2.75) is 13.2 Å². The third-order valence-corrected chi connectivity index (χ3v) is 3.68. The molecule has 0 saturated heterocycles. The maximum Gasteiger partial charge on any atom is 0.281 e. The van der Waals surface area contributed by atoms with Gasteiger partial charge in [-0.25, -0.2) is 13.9 Å². The first-order chi connectivity index (χ1) is 9.70. The molecular formula is C15H13ClFN2O+. The Labute approximate surface area is 120 Å². The number of hydrogen-bond donors (Lipinski definition) is 2. The molecule has 3 nitrogen and oxygen atoms in total. The van der Waals surface area contributed by atoms with Gasteiger partial charge in [0.25, 0.3) is 5.82 Å². The molecule has 0 saturated carbocycles. The number of aliphatic hydroxyl groups excluding tert-OH is 1. The topological polar surface area (TPSA) is 39.9 Å². The van der Waals surface area contributed by atoms with Crippen LogP contribution in [0.1, 0.15) is 11.4 Å². The Hall–Kier alpha value is -1.91. The summed E-state index contributed by atoms with van der Waals surface area (Å²) in [5.41, 5.74) is 2.21. The highest BCUT2D eigenvalue weighted by molar-refractivity contribution is 6.31. The quantitative estimate of drug-likeness (QED) is 0.716. The van der Waals surface area contributed by atoms with Crippen molar-refractivity contribution in [3.63, 3.8) is 0 Å². The molecule has 0 atom stereocenters. The molecule has 0 unspecified atom stereocenters. The van der Waals surface area contributed by atoms with Gasteiger partial charge < -0.3 is 5.11 Å². The molecule has 5 heteroatoms. The molecule has 1 aromatic heterocycles. The van der Waals surface area contributed by atoms with Gasteiger partial charge in [0, 0.05) is 5.56 Å². The molecule has 0 aliphatic carbocycles. The number of aromatic amines is 1. The van der Waals surface area contributed by atoms with Crippen molar-refractivity contribution in [3.05, 3.63) is 64.7 Å². The fraction of sp³-hybridized carbons (Fsp3) is 0.133. The monoisotopic (exact) mass is 291 g/mol. The van der Waals surface area contributed by atoms with Crippen LogP contribution in [0, 0.1) is 5.82 Å². The molecule has 0 aliphatic rings. The molecule has 0 amide bonds. The van der Waals surface area contributed by atoms with E-state index in [1.807, 2.05) is 28.8 Å². The number of aromatic nitrogens is 2. The number of rotatable bonds is 3. The molecule has 0 bridgehead atoms. The molecule has 102 valence electrons. The zero-order chi connectivity index (χ0) is 14.1. The van der Waals surface area contributed by atoms with Gasteiger partial charge in [-0.2, -0.15) is 0 Å². The number of benzene rings is 2. The summed E-state index contributed by atoms with van der Waals surface area (Å²) in [7, 11) is 0. The van der Waals surface area contributed by atoms with Crippen LogP contribution in [0.2, 0.25) is 5.02 Å². The van der Waals surface area contributed by atoms with Crippen LogP contribution in [0.5, 0.6) is 0 Å². The first kappa shape index (κ1) is 13.1. The van der Waals surface area contributed by atoms with Crippen LogP contribution >= 0.6 is 11.6 Å². The van der Waals surface area contributed by atoms with Crippen molar-refractivity contribution in [3.8, 4) is 0 Å². The zero-order valence-electron chi connectivity index (χ0n) is 10.6. The Balaban J connectivity index is 2.15. The van der Waals surface area contributed by atoms with Gasteiger partial charge in [-0.3, -0.25) is 0 Å². The first-order valence-corrected chi connectivity index (χ1v) is 6.61. The molecule has 3 aromatic rings. The molecule has 2 N–H and O–H groups in total. The van der Waals surface area contributed by atoms with Crippen LogP contribution in [-0.4, -0.2) is 10.1 Å². The Bertz CT molecular complexity index is 749. The molecule has 20 heavy (non-hydrogen) atoms. The van der Waals surface area contributed by atoms with Crippen LogP contribution in [0.3, 0.4) is 0 Å². The van der Waals surface area contributed by atoms with Crippen LogP contribution in [0.4, 0.5) is 4.39 Å². The maximum absolute atomic E-state index is 13.9. The Kier molecular flexibility index (Phi) is 3.42. The summed E-state index contributed by atoms with van der Waals surface area (Å²) in [6.07, 6.45) is 0. The van der Waals surface area contributed by atoms with Crippen molar-refractivity contribution in [2.24, 2.45) is 0 Å². The van der Waals surface area contributed by atoms with Crippen molar-refractivity contribution >= 4 is 22.6 Å². The fourth-order valence-electron chi connectivity index (χ4n) is 2.33. The summed E-state index contributed by atoms with van der Waals surface area (Å²) in [4.78, 5) is 3.12. The van der Waals surface area contributed by atoms with Crippen molar-refractivity contribution < 1.29 is 14.1 Å². The minimum atomic E-state index is -0.348. The van der Waals surface area contributed by atoms with Gasteiger partial charge in [0.15, 0.2) is 11.0 Å². The van der Waals surface area contributed by atoms with E-state index in [9.17, 15) is 9.50 Å². The third-order valence-electron chi connectivity index (χ3n) is 3.33. The smallest absolute Gasteiger partial charge is 0.281 e. The summed E-state index contributed by atoms with van der Waals surface area (Å²) in [6.45, 7) is 0.117. The molecule has 3 rings (SSSR count). The van der Waals surface area contributed by atoms with E-state index < -0.39 is 0 Å². The van der Waals surface area contributed by atoms with E-state index in [2.05, 4.69) is 4.98 Å². The van der Waals surface area contributed by atoms with Crippen LogP contribution in [0.25, 0.3) is 11.0 Å². The number of para-hydroxylation sites is 2. The number of imidazole rings is 1. The summed E-state index contributed by atoms with van der Waals surface area (Å²) in [6, 6.07) is 12.3. The lowest BCUT2D eigenvalue weighted by molar-refractivity contribution is -0.672. The van der Waals surface area contributed by atoms with Gasteiger partial charge >= 0.3 is 0 Å². The summed E-state index contributed by atoms with van der Waals surface area (Å²) in [5, 5.41) is 9.84. The van der Waals surface area contributed by atoms with Crippen LogP contribution < -0.4 is 4.57 Å². The molecule has 0 radical (unpaired) electrons. The van der Waals surface area contributed by atoms with E-state index in [0.717, 1.165) is 11.0 Å². The van der Waals surface area contributed by atoms with E-state index in [-0.39, 0.29) is 19.0 Å². The summed E-state index contributed by atoms with van der Waals surface area (Å²) < 4.78 is 15.7. The van der Waals surface area contributed by atoms with Gasteiger partial charge in [0.1, 0.15) is 19.0 Å². The summed E-state index contributed by atoms with van der Waals surface area (Å²) >= 11 is 6.07. The molecule has 0 fully saturated rings. The van der Waals surface area contributed by atoms with Crippen LogP contribution in [0.15, 0.2) is 42.5 Å². The highest BCUT2D eigenvalue weighted by Gasteiger charge is 2.20. The first-order valence-electron chi connectivity index (χ1n) is 6.24. The highest BCUT2D eigenvalue weighted by atomic mass is 35.5. The van der Waals surface area contributed by atoms with Gasteiger partial charge in [-0.1, -0.05) is 29.8 Å². The third kappa shape index (κ3) is 2.17. The van der Waals surface area contributed by atoms with E-state index in [0.29, 0.717) is 16.4 Å². The van der Waals surface area contributed by atoms with Crippen LogP contribution in [-0.2, 0) is 13.2 Å². The predicted octanol–water partition coefficient (Wildman–Crippen LogP) is 2.79. The molecule has 2 aromatic carbocycles. The second kappa shape index (κ2) is 5.23. The number of nitrogens with zero attached hydrogens (tertiary/aromatic N) is 1. The van der Waals surface area contributed by atoms with Gasteiger partial charge in [-0.15, -0.1) is 0 Å². The number of H-pyrrole nitrogens is 1. The zero-order valence-corrected chi connectivity index (χ0v) is 11.4. The summed E-state index contributed by atoms with van der Waals surface area (Å²) in [5.74, 6) is 0.268. The van der Waals surface area contributed by atoms with Crippen molar-refractivity contribution in [1.29, 1.82) is 0 Å². The second-order valence-corrected chi connectivity index (χ2v) is 4.94. The minimum absolute atomic E-state index is 0.152. The lowest BCUT2D eigenvalue weighted by atomic mass is 10.2. The maximum atomic E-state index is 13.9. The minimum Gasteiger partial charge on any atom is -0.384 e. The number of fused-ring (bicyclic) bond motifs is 1. The molecule has 0 spiro atoms. The normalized spacial score (nSPS) is 11.2. The number of hydrogen-bond acceptors (Lipinski definition) is 1. The Morgan fingerprint density at radius 1 is 1.15 bits per heavy atom. The average molecular weight is 292 g/mol. The lowest BCUT2D eigenvalue weighted by Gasteiger charge is -2.05. The Morgan fingerprint density at radius 3 is 2.70 bits per heavy atom. The van der Waals surface area contributed by atoms with E-state index in [4.69, 9.17) is 11.6 Å². The van der Waals surface area contributed by atoms with Gasteiger partial charge in [0.2, 0.25) is 0 Å². The van der Waals surface area contributed by atoms with Gasteiger partial charge in [-0.05, 0) is 24.3 Å². The molecular weight excluding hydrogens is 279 g/mol. The molecule has 0 aliphatic heterocycles. The van der Waals surface area contributed by atoms with E-state index in [1.54, 1.807) is 12.1 Å².